The smallest absolute Gasteiger partial charge is 0.0969 e. The SMILES string of the molecule is CCC(C)(C)SC(C)O. The first-order valence-corrected chi connectivity index (χ1v) is 4.22. The van der Waals surface area contributed by atoms with Crippen LogP contribution in [-0.2, 0) is 0 Å². The largest absolute Gasteiger partial charge is 0.383 e. The number of hydrogen-bond donors (Lipinski definition) is 1. The van der Waals surface area contributed by atoms with E-state index in [-0.39, 0.29) is 10.2 Å². The fourth-order valence-corrected chi connectivity index (χ4v) is 1.64. The van der Waals surface area contributed by atoms with Crippen molar-refractivity contribution in [3.8, 4) is 0 Å². The molecule has 1 nitrogen and oxygen atoms in total. The van der Waals surface area contributed by atoms with Crippen LogP contribution in [-0.4, -0.2) is 15.3 Å². The third-order valence-corrected chi connectivity index (χ3v) is 2.61. The van der Waals surface area contributed by atoms with Crippen molar-refractivity contribution in [3.05, 3.63) is 0 Å². The minimum absolute atomic E-state index is 0.230. The second-order valence-electron chi connectivity index (χ2n) is 2.83. The fraction of sp³-hybridized carbons (Fsp3) is 1.00. The van der Waals surface area contributed by atoms with Gasteiger partial charge in [0.15, 0.2) is 0 Å². The number of aliphatic hydroxyl groups is 1. The van der Waals surface area contributed by atoms with Gasteiger partial charge in [0.2, 0.25) is 0 Å². The minimum atomic E-state index is -0.236. The Bertz CT molecular complexity index is 79.0. The Hall–Kier alpha value is 0.310. The van der Waals surface area contributed by atoms with E-state index in [0.717, 1.165) is 6.42 Å². The molecule has 56 valence electrons. The van der Waals surface area contributed by atoms with Crippen molar-refractivity contribution in [1.29, 1.82) is 0 Å². The zero-order chi connectivity index (χ0) is 7.49. The molecular formula is C7H16OS. The highest BCUT2D eigenvalue weighted by atomic mass is 32.2. The molecule has 1 atom stereocenters. The third-order valence-electron chi connectivity index (χ3n) is 1.34. The third kappa shape index (κ3) is 4.79. The van der Waals surface area contributed by atoms with Crippen LogP contribution in [0.2, 0.25) is 0 Å². The summed E-state index contributed by atoms with van der Waals surface area (Å²) in [5, 5.41) is 8.98. The number of hydrogen-bond acceptors (Lipinski definition) is 2. The fourth-order valence-electron chi connectivity index (χ4n) is 0.545. The van der Waals surface area contributed by atoms with Crippen molar-refractivity contribution >= 4 is 11.8 Å². The van der Waals surface area contributed by atoms with E-state index in [1.165, 1.54) is 0 Å². The summed E-state index contributed by atoms with van der Waals surface area (Å²) in [6, 6.07) is 0. The van der Waals surface area contributed by atoms with Crippen LogP contribution in [0.3, 0.4) is 0 Å². The van der Waals surface area contributed by atoms with E-state index in [4.69, 9.17) is 5.11 Å². The van der Waals surface area contributed by atoms with Crippen molar-refractivity contribution in [3.63, 3.8) is 0 Å². The molecule has 0 aliphatic rings. The standard InChI is InChI=1S/C7H16OS/c1-5-7(3,4)9-6(2)8/h6,8H,5H2,1-4H3. The lowest BCUT2D eigenvalue weighted by atomic mass is 10.1. The van der Waals surface area contributed by atoms with Crippen LogP contribution in [0, 0.1) is 0 Å². The zero-order valence-corrected chi connectivity index (χ0v) is 7.46. The van der Waals surface area contributed by atoms with E-state index in [1.807, 2.05) is 6.92 Å². The molecule has 0 aliphatic carbocycles. The van der Waals surface area contributed by atoms with E-state index >= 15 is 0 Å². The zero-order valence-electron chi connectivity index (χ0n) is 6.64. The molecule has 1 N–H and O–H groups in total. The van der Waals surface area contributed by atoms with Crippen LogP contribution in [0.1, 0.15) is 34.1 Å². The molecule has 9 heavy (non-hydrogen) atoms. The molecule has 0 aromatic rings. The van der Waals surface area contributed by atoms with Crippen LogP contribution in [0.4, 0.5) is 0 Å². The summed E-state index contributed by atoms with van der Waals surface area (Å²) >= 11 is 1.61. The second-order valence-corrected chi connectivity index (χ2v) is 4.85. The van der Waals surface area contributed by atoms with Crippen molar-refractivity contribution < 1.29 is 5.11 Å². The minimum Gasteiger partial charge on any atom is -0.383 e. The van der Waals surface area contributed by atoms with Crippen molar-refractivity contribution in [2.75, 3.05) is 0 Å². The molecule has 0 aromatic heterocycles. The predicted molar refractivity (Wildman–Crippen MR) is 43.6 cm³/mol. The molecule has 0 aliphatic heterocycles. The molecule has 0 fully saturated rings. The van der Waals surface area contributed by atoms with Gasteiger partial charge in [0, 0.05) is 4.75 Å². The lowest BCUT2D eigenvalue weighted by Crippen LogP contribution is -2.16. The molecule has 0 aromatic carbocycles. The first kappa shape index (κ1) is 9.31. The molecule has 0 bridgehead atoms. The van der Waals surface area contributed by atoms with E-state index in [0.29, 0.717) is 0 Å². The topological polar surface area (TPSA) is 20.2 Å². The Balaban J connectivity index is 3.58. The van der Waals surface area contributed by atoms with Gasteiger partial charge in [-0.1, -0.05) is 20.8 Å². The Morgan fingerprint density at radius 3 is 2.11 bits per heavy atom. The van der Waals surface area contributed by atoms with E-state index in [9.17, 15) is 0 Å². The average molecular weight is 148 g/mol. The van der Waals surface area contributed by atoms with Crippen LogP contribution < -0.4 is 0 Å². The molecule has 1 unspecified atom stereocenters. The normalized spacial score (nSPS) is 15.7. The van der Waals surface area contributed by atoms with Crippen LogP contribution >= 0.6 is 11.8 Å². The number of rotatable bonds is 3. The van der Waals surface area contributed by atoms with Crippen molar-refractivity contribution in [2.45, 2.75) is 44.3 Å². The Morgan fingerprint density at radius 1 is 1.56 bits per heavy atom. The van der Waals surface area contributed by atoms with Gasteiger partial charge in [0.05, 0.1) is 5.44 Å². The maximum absolute atomic E-state index is 8.98. The van der Waals surface area contributed by atoms with Gasteiger partial charge < -0.3 is 5.11 Å². The van der Waals surface area contributed by atoms with Crippen molar-refractivity contribution in [2.24, 2.45) is 0 Å². The van der Waals surface area contributed by atoms with E-state index in [2.05, 4.69) is 20.8 Å². The molecule has 0 saturated heterocycles. The average Bonchev–Trinajstić information content (AvgIpc) is 1.63. The Morgan fingerprint density at radius 2 is 2.00 bits per heavy atom. The molecule has 0 spiro atoms. The summed E-state index contributed by atoms with van der Waals surface area (Å²) in [6.07, 6.45) is 1.10. The van der Waals surface area contributed by atoms with Crippen LogP contribution in [0.25, 0.3) is 0 Å². The monoisotopic (exact) mass is 148 g/mol. The molecule has 0 heterocycles. The Labute approximate surface area is 61.8 Å². The highest BCUT2D eigenvalue weighted by Gasteiger charge is 2.17. The summed E-state index contributed by atoms with van der Waals surface area (Å²) in [7, 11) is 0. The molecule has 0 amide bonds. The summed E-state index contributed by atoms with van der Waals surface area (Å²) < 4.78 is 0.230. The first-order chi connectivity index (χ1) is 3.98. The van der Waals surface area contributed by atoms with Gasteiger partial charge in [-0.2, -0.15) is 0 Å². The Kier molecular flexibility index (Phi) is 3.59. The summed E-state index contributed by atoms with van der Waals surface area (Å²) in [4.78, 5) is 0. The van der Waals surface area contributed by atoms with Gasteiger partial charge in [-0.25, -0.2) is 0 Å². The van der Waals surface area contributed by atoms with Gasteiger partial charge in [-0.3, -0.25) is 0 Å². The molecule has 0 rings (SSSR count). The summed E-state index contributed by atoms with van der Waals surface area (Å²) in [5.74, 6) is 0. The van der Waals surface area contributed by atoms with Gasteiger partial charge in [-0.05, 0) is 13.3 Å². The molecular weight excluding hydrogens is 132 g/mol. The van der Waals surface area contributed by atoms with Gasteiger partial charge in [0.25, 0.3) is 0 Å². The number of thioether (sulfide) groups is 1. The molecule has 0 saturated carbocycles. The van der Waals surface area contributed by atoms with Gasteiger partial charge >= 0.3 is 0 Å². The van der Waals surface area contributed by atoms with Gasteiger partial charge in [0.1, 0.15) is 0 Å². The highest BCUT2D eigenvalue weighted by Crippen LogP contribution is 2.29. The van der Waals surface area contributed by atoms with E-state index < -0.39 is 0 Å². The summed E-state index contributed by atoms with van der Waals surface area (Å²) in [5.41, 5.74) is -0.236. The van der Waals surface area contributed by atoms with Crippen LogP contribution in [0.5, 0.6) is 0 Å². The maximum atomic E-state index is 8.98. The quantitative estimate of drug-likeness (QED) is 0.619. The number of aliphatic hydroxyl groups excluding tert-OH is 1. The van der Waals surface area contributed by atoms with E-state index in [1.54, 1.807) is 11.8 Å². The highest BCUT2D eigenvalue weighted by molar-refractivity contribution is 8.01. The predicted octanol–water partition coefficient (Wildman–Crippen LogP) is 2.25. The lowest BCUT2D eigenvalue weighted by molar-refractivity contribution is 0.281. The summed E-state index contributed by atoms with van der Waals surface area (Å²) in [6.45, 7) is 8.23. The lowest BCUT2D eigenvalue weighted by Gasteiger charge is -2.23. The van der Waals surface area contributed by atoms with Crippen molar-refractivity contribution in [1.82, 2.24) is 0 Å². The maximum Gasteiger partial charge on any atom is 0.0969 e. The molecule has 0 radical (unpaired) electrons. The second kappa shape index (κ2) is 3.47. The van der Waals surface area contributed by atoms with Gasteiger partial charge in [-0.15, -0.1) is 11.8 Å². The first-order valence-electron chi connectivity index (χ1n) is 3.34. The molecule has 2 heteroatoms. The van der Waals surface area contributed by atoms with Crippen LogP contribution in [0.15, 0.2) is 0 Å².